The number of pyridine rings is 1. The Labute approximate surface area is 102 Å². The van der Waals surface area contributed by atoms with E-state index in [0.717, 1.165) is 0 Å². The molecule has 2 rings (SSSR count). The Hall–Kier alpha value is -2.76. The van der Waals surface area contributed by atoms with Crippen molar-refractivity contribution in [3.05, 3.63) is 64.5 Å². The Bertz CT molecular complexity index is 584. The topological polar surface area (TPSA) is 82.3 Å². The van der Waals surface area contributed by atoms with Gasteiger partial charge in [0.15, 0.2) is 0 Å². The van der Waals surface area contributed by atoms with Crippen LogP contribution < -0.4 is 4.74 Å². The number of esters is 1. The van der Waals surface area contributed by atoms with Gasteiger partial charge in [-0.15, -0.1) is 0 Å². The summed E-state index contributed by atoms with van der Waals surface area (Å²) >= 11 is 0. The molecule has 0 saturated carbocycles. The molecule has 0 saturated heterocycles. The van der Waals surface area contributed by atoms with Gasteiger partial charge in [-0.25, -0.2) is 4.79 Å². The molecule has 0 aliphatic rings. The quantitative estimate of drug-likeness (QED) is 0.358. The zero-order chi connectivity index (χ0) is 13.0. The monoisotopic (exact) mass is 244 g/mol. The molecule has 1 heterocycles. The van der Waals surface area contributed by atoms with Gasteiger partial charge in [0.2, 0.25) is 0 Å². The third-order valence-electron chi connectivity index (χ3n) is 2.16. The van der Waals surface area contributed by atoms with Crippen molar-refractivity contribution < 1.29 is 14.5 Å². The molecule has 0 spiro atoms. The molecule has 18 heavy (non-hydrogen) atoms. The highest BCUT2D eigenvalue weighted by atomic mass is 16.6. The van der Waals surface area contributed by atoms with Crippen molar-refractivity contribution in [2.45, 2.75) is 0 Å². The molecule has 0 bridgehead atoms. The zero-order valence-corrected chi connectivity index (χ0v) is 9.15. The third kappa shape index (κ3) is 2.67. The van der Waals surface area contributed by atoms with E-state index >= 15 is 0 Å². The normalized spacial score (nSPS) is 9.78. The van der Waals surface area contributed by atoms with E-state index in [-0.39, 0.29) is 11.4 Å². The molecule has 0 aliphatic heterocycles. The molecule has 0 unspecified atom stereocenters. The molecule has 6 heteroatoms. The van der Waals surface area contributed by atoms with Crippen LogP contribution in [0.1, 0.15) is 10.4 Å². The van der Waals surface area contributed by atoms with Crippen LogP contribution in [0.15, 0.2) is 48.8 Å². The van der Waals surface area contributed by atoms with Crippen molar-refractivity contribution in [3.8, 4) is 5.75 Å². The molecular formula is C12H8N2O4. The first-order valence-electron chi connectivity index (χ1n) is 5.03. The predicted molar refractivity (Wildman–Crippen MR) is 62.3 cm³/mol. The van der Waals surface area contributed by atoms with Gasteiger partial charge in [-0.3, -0.25) is 15.1 Å². The number of nitro groups is 1. The second kappa shape index (κ2) is 5.05. The van der Waals surface area contributed by atoms with Gasteiger partial charge in [0.1, 0.15) is 5.75 Å². The molecular weight excluding hydrogens is 236 g/mol. The Balaban J connectivity index is 2.17. The largest absolute Gasteiger partial charge is 0.423 e. The molecule has 2 aromatic rings. The average molecular weight is 244 g/mol. The van der Waals surface area contributed by atoms with Crippen molar-refractivity contribution in [1.82, 2.24) is 4.98 Å². The number of carbonyl (C=O) groups is 1. The molecule has 1 aromatic carbocycles. The number of carbonyl (C=O) groups excluding carboxylic acids is 1. The Morgan fingerprint density at radius 2 is 1.94 bits per heavy atom. The van der Waals surface area contributed by atoms with Crippen molar-refractivity contribution in [2.24, 2.45) is 0 Å². The minimum Gasteiger partial charge on any atom is -0.423 e. The van der Waals surface area contributed by atoms with E-state index in [0.29, 0.717) is 5.56 Å². The molecule has 0 N–H and O–H groups in total. The second-order valence-corrected chi connectivity index (χ2v) is 3.38. The van der Waals surface area contributed by atoms with Crippen LogP contribution in [0.4, 0.5) is 5.69 Å². The zero-order valence-electron chi connectivity index (χ0n) is 9.15. The summed E-state index contributed by atoms with van der Waals surface area (Å²) < 4.78 is 5.02. The maximum Gasteiger partial charge on any atom is 0.343 e. The second-order valence-electron chi connectivity index (χ2n) is 3.38. The van der Waals surface area contributed by atoms with E-state index in [2.05, 4.69) is 4.98 Å². The van der Waals surface area contributed by atoms with Crippen molar-refractivity contribution in [2.75, 3.05) is 0 Å². The van der Waals surface area contributed by atoms with Crippen LogP contribution in [0.5, 0.6) is 5.75 Å². The lowest BCUT2D eigenvalue weighted by molar-refractivity contribution is -0.384. The number of rotatable bonds is 3. The van der Waals surface area contributed by atoms with E-state index in [1.54, 1.807) is 0 Å². The van der Waals surface area contributed by atoms with E-state index in [1.165, 1.54) is 48.8 Å². The molecule has 6 nitrogen and oxygen atoms in total. The number of aromatic nitrogens is 1. The molecule has 0 radical (unpaired) electrons. The lowest BCUT2D eigenvalue weighted by atomic mass is 10.2. The third-order valence-corrected chi connectivity index (χ3v) is 2.16. The minimum absolute atomic E-state index is 0.130. The molecule has 0 fully saturated rings. The van der Waals surface area contributed by atoms with Crippen LogP contribution in [0, 0.1) is 10.1 Å². The van der Waals surface area contributed by atoms with Gasteiger partial charge < -0.3 is 4.74 Å². The first kappa shape index (κ1) is 11.7. The summed E-state index contributed by atoms with van der Waals surface area (Å²) in [6.45, 7) is 0. The maximum atomic E-state index is 11.7. The highest BCUT2D eigenvalue weighted by molar-refractivity contribution is 5.90. The van der Waals surface area contributed by atoms with Crippen molar-refractivity contribution >= 4 is 11.7 Å². The first-order chi connectivity index (χ1) is 8.66. The number of hydrogen-bond acceptors (Lipinski definition) is 5. The van der Waals surface area contributed by atoms with Crippen LogP contribution in [0.25, 0.3) is 0 Å². The molecule has 0 aliphatic carbocycles. The van der Waals surface area contributed by atoms with Crippen LogP contribution in [0.3, 0.4) is 0 Å². The first-order valence-corrected chi connectivity index (χ1v) is 5.03. The summed E-state index contributed by atoms with van der Waals surface area (Å²) in [6, 6.07) is 8.45. The van der Waals surface area contributed by atoms with Crippen molar-refractivity contribution in [1.29, 1.82) is 0 Å². The van der Waals surface area contributed by atoms with Gasteiger partial charge >= 0.3 is 5.97 Å². The summed E-state index contributed by atoms with van der Waals surface area (Å²) in [5.74, 6) is -0.455. The maximum absolute atomic E-state index is 11.7. The van der Waals surface area contributed by atoms with Crippen LogP contribution >= 0.6 is 0 Å². The summed E-state index contributed by atoms with van der Waals surface area (Å²) in [5, 5.41) is 10.6. The van der Waals surface area contributed by atoms with Crippen LogP contribution in [0.2, 0.25) is 0 Å². The van der Waals surface area contributed by atoms with Gasteiger partial charge in [-0.2, -0.15) is 0 Å². The predicted octanol–water partition coefficient (Wildman–Crippen LogP) is 2.21. The average Bonchev–Trinajstić information content (AvgIpc) is 2.40. The number of hydrogen-bond donors (Lipinski definition) is 0. The van der Waals surface area contributed by atoms with Gasteiger partial charge in [-0.1, -0.05) is 6.07 Å². The van der Waals surface area contributed by atoms with Gasteiger partial charge in [-0.05, 0) is 18.2 Å². The van der Waals surface area contributed by atoms with E-state index < -0.39 is 10.9 Å². The number of non-ortho nitro benzene ring substituents is 1. The number of ether oxygens (including phenoxy) is 1. The summed E-state index contributed by atoms with van der Waals surface area (Å²) in [5.41, 5.74) is 0.200. The summed E-state index contributed by atoms with van der Waals surface area (Å²) in [7, 11) is 0. The van der Waals surface area contributed by atoms with Gasteiger partial charge in [0.25, 0.3) is 5.69 Å². The number of nitro benzene ring substituents is 1. The SMILES string of the molecule is O=C(Oc1cccc([N+](=O)[O-])c1)c1ccncc1. The Morgan fingerprint density at radius 3 is 2.61 bits per heavy atom. The smallest absolute Gasteiger partial charge is 0.343 e. The molecule has 90 valence electrons. The van der Waals surface area contributed by atoms with E-state index in [9.17, 15) is 14.9 Å². The lowest BCUT2D eigenvalue weighted by Crippen LogP contribution is -2.08. The fourth-order valence-corrected chi connectivity index (χ4v) is 1.31. The molecule has 1 aromatic heterocycles. The van der Waals surface area contributed by atoms with Gasteiger partial charge in [0, 0.05) is 18.5 Å². The molecule has 0 amide bonds. The fraction of sp³-hybridized carbons (Fsp3) is 0. The highest BCUT2D eigenvalue weighted by Gasteiger charge is 2.11. The van der Waals surface area contributed by atoms with Gasteiger partial charge in [0.05, 0.1) is 16.6 Å². The van der Waals surface area contributed by atoms with E-state index in [4.69, 9.17) is 4.74 Å². The van der Waals surface area contributed by atoms with Crippen LogP contribution in [-0.2, 0) is 0 Å². The van der Waals surface area contributed by atoms with Crippen LogP contribution in [-0.4, -0.2) is 15.9 Å². The lowest BCUT2D eigenvalue weighted by Gasteiger charge is -2.03. The van der Waals surface area contributed by atoms with Crippen molar-refractivity contribution in [3.63, 3.8) is 0 Å². The fourth-order valence-electron chi connectivity index (χ4n) is 1.31. The molecule has 0 atom stereocenters. The number of benzene rings is 1. The van der Waals surface area contributed by atoms with E-state index in [1.807, 2.05) is 0 Å². The standard InChI is InChI=1S/C12H8N2O4/c15-12(9-4-6-13-7-5-9)18-11-3-1-2-10(8-11)14(16)17/h1-8H. The summed E-state index contributed by atoms with van der Waals surface area (Å²) in [4.78, 5) is 25.5. The summed E-state index contributed by atoms with van der Waals surface area (Å²) in [6.07, 6.45) is 2.92. The Morgan fingerprint density at radius 1 is 1.22 bits per heavy atom. The minimum atomic E-state index is -0.585. The highest BCUT2D eigenvalue weighted by Crippen LogP contribution is 2.19. The Kier molecular flexibility index (Phi) is 3.29. The number of nitrogens with zero attached hydrogens (tertiary/aromatic N) is 2.